The molecule has 4 heteroatoms. The number of hydrogen-bond acceptors (Lipinski definition) is 3. The van der Waals surface area contributed by atoms with E-state index in [0.717, 1.165) is 35.3 Å². The van der Waals surface area contributed by atoms with Crippen LogP contribution in [-0.4, -0.2) is 15.9 Å². The largest absolute Gasteiger partial charge is 0.488 e. The molecule has 4 rings (SSSR count). The van der Waals surface area contributed by atoms with E-state index in [1.807, 2.05) is 41.2 Å². The highest BCUT2D eigenvalue weighted by molar-refractivity contribution is 5.81. The Morgan fingerprint density at radius 1 is 1.25 bits per heavy atom. The molecule has 0 amide bonds. The smallest absolute Gasteiger partial charge is 0.123 e. The number of nitrogen functional groups attached to an aromatic ring is 1. The third-order valence-electron chi connectivity index (χ3n) is 3.76. The molecule has 1 unspecified atom stereocenters. The Morgan fingerprint density at radius 3 is 3.05 bits per heavy atom. The molecule has 4 nitrogen and oxygen atoms in total. The number of rotatable bonds is 2. The van der Waals surface area contributed by atoms with Gasteiger partial charge in [0.15, 0.2) is 0 Å². The molecular formula is C16H15N3O. The molecule has 0 radical (unpaired) electrons. The zero-order valence-corrected chi connectivity index (χ0v) is 11.0. The predicted molar refractivity (Wildman–Crippen MR) is 78.7 cm³/mol. The van der Waals surface area contributed by atoms with Gasteiger partial charge >= 0.3 is 0 Å². The summed E-state index contributed by atoms with van der Waals surface area (Å²) in [5.74, 6) is 0.994. The number of nitrogens with two attached hydrogens (primary N) is 1. The lowest BCUT2D eigenvalue weighted by Crippen LogP contribution is -2.21. The minimum absolute atomic E-state index is 0.136. The Labute approximate surface area is 116 Å². The molecule has 0 aliphatic carbocycles. The number of nitrogens with zero attached hydrogens (tertiary/aromatic N) is 2. The number of benzene rings is 2. The minimum Gasteiger partial charge on any atom is -0.488 e. The second-order valence-corrected chi connectivity index (χ2v) is 5.20. The Hall–Kier alpha value is -2.49. The minimum atomic E-state index is 0.136. The van der Waals surface area contributed by atoms with Gasteiger partial charge in [-0.1, -0.05) is 18.2 Å². The first kappa shape index (κ1) is 11.3. The van der Waals surface area contributed by atoms with Gasteiger partial charge in [0.05, 0.1) is 18.3 Å². The highest BCUT2D eigenvalue weighted by atomic mass is 16.5. The van der Waals surface area contributed by atoms with E-state index in [0.29, 0.717) is 0 Å². The summed E-state index contributed by atoms with van der Waals surface area (Å²) in [7, 11) is 0. The first-order valence-corrected chi connectivity index (χ1v) is 6.75. The van der Waals surface area contributed by atoms with E-state index < -0.39 is 0 Å². The van der Waals surface area contributed by atoms with Crippen LogP contribution in [0.15, 0.2) is 48.7 Å². The molecular weight excluding hydrogens is 250 g/mol. The second kappa shape index (κ2) is 4.27. The lowest BCUT2D eigenvalue weighted by Gasteiger charge is -2.11. The molecule has 100 valence electrons. The van der Waals surface area contributed by atoms with Crippen molar-refractivity contribution in [1.82, 2.24) is 9.78 Å². The Kier molecular flexibility index (Phi) is 2.42. The molecule has 20 heavy (non-hydrogen) atoms. The van der Waals surface area contributed by atoms with Gasteiger partial charge in [0.25, 0.3) is 0 Å². The predicted octanol–water partition coefficient (Wildman–Crippen LogP) is 2.62. The van der Waals surface area contributed by atoms with Crippen LogP contribution in [0, 0.1) is 0 Å². The second-order valence-electron chi connectivity index (χ2n) is 5.20. The van der Waals surface area contributed by atoms with Crippen molar-refractivity contribution >= 4 is 16.6 Å². The van der Waals surface area contributed by atoms with E-state index >= 15 is 0 Å². The zero-order chi connectivity index (χ0) is 13.5. The van der Waals surface area contributed by atoms with Crippen molar-refractivity contribution in [3.8, 4) is 5.75 Å². The van der Waals surface area contributed by atoms with Crippen molar-refractivity contribution in [2.24, 2.45) is 0 Å². The number of ether oxygens (including phenoxy) is 1. The van der Waals surface area contributed by atoms with Gasteiger partial charge in [0, 0.05) is 17.5 Å². The van der Waals surface area contributed by atoms with Crippen LogP contribution in [0.1, 0.15) is 5.56 Å². The van der Waals surface area contributed by atoms with E-state index in [4.69, 9.17) is 10.5 Å². The quantitative estimate of drug-likeness (QED) is 0.725. The van der Waals surface area contributed by atoms with Gasteiger partial charge in [0.1, 0.15) is 11.9 Å². The third kappa shape index (κ3) is 1.81. The van der Waals surface area contributed by atoms with Gasteiger partial charge in [-0.25, -0.2) is 0 Å². The lowest BCUT2D eigenvalue weighted by atomic mass is 10.1. The fraction of sp³-hybridized carbons (Fsp3) is 0.188. The van der Waals surface area contributed by atoms with Gasteiger partial charge in [-0.3, -0.25) is 4.68 Å². The molecule has 0 saturated carbocycles. The van der Waals surface area contributed by atoms with Crippen LogP contribution < -0.4 is 10.5 Å². The molecule has 1 aliphatic rings. The molecule has 2 heterocycles. The summed E-state index contributed by atoms with van der Waals surface area (Å²) in [6, 6.07) is 14.1. The first-order chi connectivity index (χ1) is 9.79. The maximum atomic E-state index is 5.97. The Balaban J connectivity index is 1.62. The average Bonchev–Trinajstić information content (AvgIpc) is 3.03. The maximum Gasteiger partial charge on any atom is 0.123 e. The molecule has 0 spiro atoms. The fourth-order valence-corrected chi connectivity index (χ4v) is 2.78. The Bertz CT molecular complexity index is 753. The number of para-hydroxylation sites is 1. The van der Waals surface area contributed by atoms with Crippen molar-refractivity contribution in [2.45, 2.75) is 19.1 Å². The summed E-state index contributed by atoms with van der Waals surface area (Å²) < 4.78 is 7.94. The molecule has 0 bridgehead atoms. The van der Waals surface area contributed by atoms with Crippen molar-refractivity contribution in [1.29, 1.82) is 0 Å². The van der Waals surface area contributed by atoms with E-state index in [9.17, 15) is 0 Å². The van der Waals surface area contributed by atoms with E-state index in [2.05, 4.69) is 17.2 Å². The summed E-state index contributed by atoms with van der Waals surface area (Å²) in [6.45, 7) is 0.738. The topological polar surface area (TPSA) is 53.1 Å². The summed E-state index contributed by atoms with van der Waals surface area (Å²) >= 11 is 0. The van der Waals surface area contributed by atoms with E-state index in [1.54, 1.807) is 0 Å². The Morgan fingerprint density at radius 2 is 2.15 bits per heavy atom. The lowest BCUT2D eigenvalue weighted by molar-refractivity contribution is 0.205. The highest BCUT2D eigenvalue weighted by Gasteiger charge is 2.23. The van der Waals surface area contributed by atoms with Crippen LogP contribution in [0.25, 0.3) is 10.9 Å². The van der Waals surface area contributed by atoms with Crippen molar-refractivity contribution < 1.29 is 4.74 Å². The van der Waals surface area contributed by atoms with Gasteiger partial charge in [-0.05, 0) is 29.8 Å². The molecule has 2 aromatic carbocycles. The summed E-state index contributed by atoms with van der Waals surface area (Å²) in [6.07, 6.45) is 2.94. The van der Waals surface area contributed by atoms with Crippen LogP contribution in [0.5, 0.6) is 5.75 Å². The fourth-order valence-electron chi connectivity index (χ4n) is 2.78. The zero-order valence-electron chi connectivity index (χ0n) is 11.0. The molecule has 1 aliphatic heterocycles. The molecule has 0 fully saturated rings. The maximum absolute atomic E-state index is 5.97. The van der Waals surface area contributed by atoms with Crippen LogP contribution in [0.4, 0.5) is 5.69 Å². The average molecular weight is 265 g/mol. The molecule has 2 N–H and O–H groups in total. The van der Waals surface area contributed by atoms with Crippen molar-refractivity contribution in [3.05, 3.63) is 54.2 Å². The van der Waals surface area contributed by atoms with Crippen molar-refractivity contribution in [3.63, 3.8) is 0 Å². The summed E-state index contributed by atoms with van der Waals surface area (Å²) in [5.41, 5.74) is 8.95. The van der Waals surface area contributed by atoms with E-state index in [-0.39, 0.29) is 6.10 Å². The standard InChI is InChI=1S/C16H15N3O/c17-13-6-5-12-9-18-19(15(12)8-13)10-14-7-11-3-1-2-4-16(11)20-14/h1-6,8-9,14H,7,10,17H2. The normalized spacial score (nSPS) is 17.1. The summed E-state index contributed by atoms with van der Waals surface area (Å²) in [5, 5.41) is 5.55. The van der Waals surface area contributed by atoms with Crippen LogP contribution >= 0.6 is 0 Å². The van der Waals surface area contributed by atoms with Crippen LogP contribution in [-0.2, 0) is 13.0 Å². The van der Waals surface area contributed by atoms with E-state index in [1.165, 1.54) is 5.56 Å². The highest BCUT2D eigenvalue weighted by Crippen LogP contribution is 2.29. The third-order valence-corrected chi connectivity index (χ3v) is 3.76. The molecule has 3 aromatic rings. The van der Waals surface area contributed by atoms with Gasteiger partial charge in [-0.2, -0.15) is 5.10 Å². The molecule has 1 aromatic heterocycles. The van der Waals surface area contributed by atoms with Crippen LogP contribution in [0.3, 0.4) is 0 Å². The van der Waals surface area contributed by atoms with Gasteiger partial charge in [0.2, 0.25) is 0 Å². The number of fused-ring (bicyclic) bond motifs is 2. The van der Waals surface area contributed by atoms with Gasteiger partial charge < -0.3 is 10.5 Å². The number of aromatic nitrogens is 2. The summed E-state index contributed by atoms with van der Waals surface area (Å²) in [4.78, 5) is 0. The molecule has 0 saturated heterocycles. The molecule has 1 atom stereocenters. The number of hydrogen-bond donors (Lipinski definition) is 1. The van der Waals surface area contributed by atoms with Crippen molar-refractivity contribution in [2.75, 3.05) is 5.73 Å². The van der Waals surface area contributed by atoms with Crippen LogP contribution in [0.2, 0.25) is 0 Å². The number of anilines is 1. The monoisotopic (exact) mass is 265 g/mol. The van der Waals surface area contributed by atoms with Gasteiger partial charge in [-0.15, -0.1) is 0 Å². The first-order valence-electron chi connectivity index (χ1n) is 6.75. The SMILES string of the molecule is Nc1ccc2cnn(CC3Cc4ccccc4O3)c2c1.